The maximum Gasteiger partial charge on any atom is 0.632 e. The van der Waals surface area contributed by atoms with E-state index in [1.807, 2.05) is 48.5 Å². The third kappa shape index (κ3) is 2.61. The summed E-state index contributed by atoms with van der Waals surface area (Å²) in [5, 5.41) is 0. The Morgan fingerprint density at radius 1 is 1.05 bits per heavy atom. The van der Waals surface area contributed by atoms with E-state index in [-0.39, 0.29) is 12.6 Å². The number of benzene rings is 2. The molecule has 0 atom stereocenters. The Morgan fingerprint density at radius 2 is 1.65 bits per heavy atom. The van der Waals surface area contributed by atoms with Crippen molar-refractivity contribution in [1.29, 1.82) is 0 Å². The van der Waals surface area contributed by atoms with Gasteiger partial charge >= 0.3 is 13.1 Å². The summed E-state index contributed by atoms with van der Waals surface area (Å²) in [7, 11) is -0.421. The summed E-state index contributed by atoms with van der Waals surface area (Å²) < 4.78 is 16.4. The van der Waals surface area contributed by atoms with Crippen LogP contribution >= 0.6 is 0 Å². The van der Waals surface area contributed by atoms with Gasteiger partial charge in [-0.2, -0.15) is 0 Å². The van der Waals surface area contributed by atoms with Crippen molar-refractivity contribution >= 4 is 18.6 Å². The van der Waals surface area contributed by atoms with Crippen molar-refractivity contribution < 1.29 is 18.8 Å². The van der Waals surface area contributed by atoms with Crippen molar-refractivity contribution in [2.45, 2.75) is 13.5 Å². The lowest BCUT2D eigenvalue weighted by Crippen LogP contribution is -2.38. The maximum absolute atomic E-state index is 10.8. The molecule has 1 aliphatic rings. The summed E-state index contributed by atoms with van der Waals surface area (Å²) in [5.41, 5.74) is 1.85. The molecule has 0 bridgehead atoms. The molecule has 0 saturated heterocycles. The van der Waals surface area contributed by atoms with Crippen molar-refractivity contribution in [3.63, 3.8) is 0 Å². The highest BCUT2D eigenvalue weighted by atomic mass is 16.6. The van der Waals surface area contributed by atoms with Gasteiger partial charge in [0.15, 0.2) is 0 Å². The van der Waals surface area contributed by atoms with Crippen LogP contribution in [0.4, 0.5) is 0 Å². The topological polar surface area (TPSA) is 44.8 Å². The van der Waals surface area contributed by atoms with Crippen LogP contribution in [0.2, 0.25) is 0 Å². The zero-order valence-corrected chi connectivity index (χ0v) is 11.0. The van der Waals surface area contributed by atoms with Crippen LogP contribution in [0.3, 0.4) is 0 Å². The maximum atomic E-state index is 10.8. The van der Waals surface area contributed by atoms with Crippen LogP contribution in [0, 0.1) is 0 Å². The van der Waals surface area contributed by atoms with Gasteiger partial charge in [0.2, 0.25) is 0 Å². The molecular formula is C15H13BO4. The first-order valence-corrected chi connectivity index (χ1v) is 6.37. The van der Waals surface area contributed by atoms with Crippen LogP contribution in [-0.2, 0) is 16.1 Å². The summed E-state index contributed by atoms with van der Waals surface area (Å²) in [6.07, 6.45) is 0. The second-order valence-electron chi connectivity index (χ2n) is 4.54. The highest BCUT2D eigenvalue weighted by Gasteiger charge is 2.33. The lowest BCUT2D eigenvalue weighted by atomic mass is 9.79. The van der Waals surface area contributed by atoms with Crippen molar-refractivity contribution in [2.24, 2.45) is 0 Å². The summed E-state index contributed by atoms with van der Waals surface area (Å²) in [6.45, 7) is 1.67. The largest absolute Gasteiger partial charge is 0.632 e. The molecule has 5 heteroatoms. The summed E-state index contributed by atoms with van der Waals surface area (Å²) in [5.74, 6) is 1.22. The van der Waals surface area contributed by atoms with E-state index in [0.717, 1.165) is 22.5 Å². The second-order valence-corrected chi connectivity index (χ2v) is 4.54. The molecule has 2 aromatic rings. The van der Waals surface area contributed by atoms with E-state index in [2.05, 4.69) is 0 Å². The number of carbonyl (C=O) groups excluding carboxylic acids is 1. The zero-order chi connectivity index (χ0) is 13.9. The average molecular weight is 268 g/mol. The molecule has 0 unspecified atom stereocenters. The standard InChI is InChI=1S/C15H13BO4/c1-11(17)18-10-12-6-8-13(9-7-12)16-19-14-4-2-3-5-15(14)20-16/h2-9H,10H2,1H3. The van der Waals surface area contributed by atoms with Gasteiger partial charge in [-0.1, -0.05) is 36.4 Å². The molecule has 1 aliphatic heterocycles. The molecule has 0 amide bonds. The van der Waals surface area contributed by atoms with Crippen LogP contribution in [0.25, 0.3) is 0 Å². The first kappa shape index (κ1) is 12.6. The fraction of sp³-hybridized carbons (Fsp3) is 0.133. The third-order valence-electron chi connectivity index (χ3n) is 3.01. The predicted molar refractivity (Wildman–Crippen MR) is 75.0 cm³/mol. The Bertz CT molecular complexity index is 599. The first-order valence-electron chi connectivity index (χ1n) is 6.37. The van der Waals surface area contributed by atoms with E-state index >= 15 is 0 Å². The SMILES string of the molecule is CC(=O)OCc1ccc(B2Oc3ccccc3O2)cc1. The van der Waals surface area contributed by atoms with E-state index < -0.39 is 7.12 Å². The number of para-hydroxylation sites is 2. The van der Waals surface area contributed by atoms with E-state index in [1.165, 1.54) is 6.92 Å². The number of hydrogen-bond donors (Lipinski definition) is 0. The molecule has 0 radical (unpaired) electrons. The fourth-order valence-electron chi connectivity index (χ4n) is 1.99. The summed E-state index contributed by atoms with van der Waals surface area (Å²) in [4.78, 5) is 10.8. The molecule has 100 valence electrons. The van der Waals surface area contributed by atoms with E-state index in [0.29, 0.717) is 0 Å². The van der Waals surface area contributed by atoms with Gasteiger partial charge < -0.3 is 14.0 Å². The molecule has 1 heterocycles. The average Bonchev–Trinajstić information content (AvgIpc) is 2.89. The minimum atomic E-state index is -0.421. The molecule has 3 rings (SSSR count). The lowest BCUT2D eigenvalue weighted by molar-refractivity contribution is -0.142. The van der Waals surface area contributed by atoms with Crippen molar-refractivity contribution in [3.05, 3.63) is 54.1 Å². The van der Waals surface area contributed by atoms with Gasteiger partial charge in [0.05, 0.1) is 0 Å². The number of hydrogen-bond acceptors (Lipinski definition) is 4. The number of fused-ring (bicyclic) bond motifs is 1. The number of ether oxygens (including phenoxy) is 1. The number of rotatable bonds is 3. The molecule has 0 N–H and O–H groups in total. The highest BCUT2D eigenvalue weighted by Crippen LogP contribution is 2.32. The van der Waals surface area contributed by atoms with Gasteiger partial charge in [0.25, 0.3) is 0 Å². The number of carbonyl (C=O) groups is 1. The summed E-state index contributed by atoms with van der Waals surface area (Å²) >= 11 is 0. The van der Waals surface area contributed by atoms with Crippen molar-refractivity contribution in [1.82, 2.24) is 0 Å². The summed E-state index contributed by atoms with van der Waals surface area (Å²) in [6, 6.07) is 15.2. The zero-order valence-electron chi connectivity index (χ0n) is 11.0. The highest BCUT2D eigenvalue weighted by molar-refractivity contribution is 6.63. The van der Waals surface area contributed by atoms with Crippen LogP contribution in [0.15, 0.2) is 48.5 Å². The van der Waals surface area contributed by atoms with Crippen LogP contribution < -0.4 is 14.8 Å². The predicted octanol–water partition coefficient (Wildman–Crippen LogP) is 1.92. The Kier molecular flexibility index (Phi) is 3.33. The Labute approximate surface area is 117 Å². The molecular weight excluding hydrogens is 255 g/mol. The molecule has 0 aromatic heterocycles. The van der Waals surface area contributed by atoms with Crippen LogP contribution in [-0.4, -0.2) is 13.1 Å². The van der Waals surface area contributed by atoms with Crippen molar-refractivity contribution in [3.8, 4) is 11.5 Å². The minimum absolute atomic E-state index is 0.280. The van der Waals surface area contributed by atoms with Crippen LogP contribution in [0.5, 0.6) is 11.5 Å². The fourth-order valence-corrected chi connectivity index (χ4v) is 1.99. The molecule has 2 aromatic carbocycles. The van der Waals surface area contributed by atoms with Gasteiger partial charge in [-0.15, -0.1) is 0 Å². The quantitative estimate of drug-likeness (QED) is 0.630. The molecule has 20 heavy (non-hydrogen) atoms. The Morgan fingerprint density at radius 3 is 2.20 bits per heavy atom. The van der Waals surface area contributed by atoms with Gasteiger partial charge in [0.1, 0.15) is 18.1 Å². The molecule has 0 aliphatic carbocycles. The number of esters is 1. The molecule has 4 nitrogen and oxygen atoms in total. The first-order chi connectivity index (χ1) is 9.72. The Hall–Kier alpha value is -2.43. The van der Waals surface area contributed by atoms with E-state index in [9.17, 15) is 4.79 Å². The van der Waals surface area contributed by atoms with E-state index in [1.54, 1.807) is 0 Å². The molecule has 0 fully saturated rings. The van der Waals surface area contributed by atoms with Gasteiger partial charge in [0, 0.05) is 12.4 Å². The third-order valence-corrected chi connectivity index (χ3v) is 3.01. The van der Waals surface area contributed by atoms with E-state index in [4.69, 9.17) is 14.0 Å². The second kappa shape index (κ2) is 5.29. The van der Waals surface area contributed by atoms with Gasteiger partial charge in [-0.05, 0) is 17.7 Å². The minimum Gasteiger partial charge on any atom is -0.519 e. The van der Waals surface area contributed by atoms with Crippen molar-refractivity contribution in [2.75, 3.05) is 0 Å². The smallest absolute Gasteiger partial charge is 0.519 e. The van der Waals surface area contributed by atoms with Gasteiger partial charge in [-0.25, -0.2) is 0 Å². The monoisotopic (exact) mass is 268 g/mol. The normalized spacial score (nSPS) is 12.3. The molecule has 0 saturated carbocycles. The van der Waals surface area contributed by atoms with Crippen LogP contribution in [0.1, 0.15) is 12.5 Å². The Balaban J connectivity index is 1.69. The lowest BCUT2D eigenvalue weighted by Gasteiger charge is -2.06. The van der Waals surface area contributed by atoms with Gasteiger partial charge in [-0.3, -0.25) is 4.79 Å². The molecule has 0 spiro atoms.